The van der Waals surface area contributed by atoms with Crippen molar-refractivity contribution in [2.24, 2.45) is 0 Å². The van der Waals surface area contributed by atoms with Crippen LogP contribution < -0.4 is 4.90 Å². The number of anilines is 3. The molecule has 1 nitrogen and oxygen atoms in total. The lowest BCUT2D eigenvalue weighted by atomic mass is 9.80. The minimum atomic E-state index is -0.108. The fourth-order valence-corrected chi connectivity index (χ4v) is 11.7. The Kier molecular flexibility index (Phi) is 10.7. The Morgan fingerprint density at radius 3 is 1.63 bits per heavy atom. The molecule has 0 spiro atoms. The molecule has 0 atom stereocenters. The van der Waals surface area contributed by atoms with Crippen molar-refractivity contribution in [3.8, 4) is 66.8 Å². The number of benzene rings is 10. The van der Waals surface area contributed by atoms with Crippen molar-refractivity contribution in [2.45, 2.75) is 57.3 Å². The van der Waals surface area contributed by atoms with Crippen LogP contribution in [0.15, 0.2) is 231 Å². The molecule has 0 radical (unpaired) electrons. The fourth-order valence-electron chi connectivity index (χ4n) is 11.7. The first-order valence-corrected chi connectivity index (χ1v) is 24.6. The van der Waals surface area contributed by atoms with E-state index in [1.54, 1.807) is 0 Å². The minimum Gasteiger partial charge on any atom is -0.309 e. The van der Waals surface area contributed by atoms with Crippen LogP contribution >= 0.6 is 0 Å². The number of nitrogens with zero attached hydrogens (tertiary/aromatic N) is 1. The predicted octanol–water partition coefficient (Wildman–Crippen LogP) is 19.0. The molecule has 2 aliphatic rings. The van der Waals surface area contributed by atoms with E-state index < -0.39 is 0 Å². The van der Waals surface area contributed by atoms with Crippen molar-refractivity contribution in [3.63, 3.8) is 0 Å². The minimum absolute atomic E-state index is 0.108. The van der Waals surface area contributed by atoms with Crippen molar-refractivity contribution in [2.75, 3.05) is 4.90 Å². The maximum Gasteiger partial charge on any atom is 0.0540 e. The molecule has 0 heterocycles. The Balaban J connectivity index is 1.03. The normalized spacial score (nSPS) is 14.1. The van der Waals surface area contributed by atoms with Crippen molar-refractivity contribution in [1.82, 2.24) is 0 Å². The number of para-hydroxylation sites is 2. The second-order valence-electron chi connectivity index (χ2n) is 19.4. The molecule has 0 unspecified atom stereocenters. The topological polar surface area (TPSA) is 3.24 Å². The summed E-state index contributed by atoms with van der Waals surface area (Å²) in [6.45, 7) is 4.75. The maximum atomic E-state index is 2.53. The summed E-state index contributed by atoms with van der Waals surface area (Å²) >= 11 is 0. The van der Waals surface area contributed by atoms with Gasteiger partial charge in [-0.3, -0.25) is 0 Å². The van der Waals surface area contributed by atoms with Crippen LogP contribution in [0.3, 0.4) is 0 Å². The highest BCUT2D eigenvalue weighted by Gasteiger charge is 2.35. The molecule has 68 heavy (non-hydrogen) atoms. The van der Waals surface area contributed by atoms with Gasteiger partial charge in [-0.05, 0) is 138 Å². The van der Waals surface area contributed by atoms with Crippen LogP contribution in [0.4, 0.5) is 17.1 Å². The van der Waals surface area contributed by atoms with Gasteiger partial charge in [0.2, 0.25) is 0 Å². The molecule has 328 valence electrons. The van der Waals surface area contributed by atoms with E-state index in [0.717, 1.165) is 17.1 Å². The average Bonchev–Trinajstić information content (AvgIpc) is 3.64. The van der Waals surface area contributed by atoms with E-state index >= 15 is 0 Å². The third-order valence-electron chi connectivity index (χ3n) is 15.1. The van der Waals surface area contributed by atoms with E-state index in [-0.39, 0.29) is 5.41 Å². The van der Waals surface area contributed by atoms with Crippen LogP contribution in [0.5, 0.6) is 0 Å². The van der Waals surface area contributed by atoms with Gasteiger partial charge in [0.1, 0.15) is 0 Å². The Hall–Kier alpha value is -7.74. The molecule has 0 amide bonds. The number of hydrogen-bond donors (Lipinski definition) is 0. The van der Waals surface area contributed by atoms with Crippen LogP contribution in [0.2, 0.25) is 0 Å². The Morgan fingerprint density at radius 1 is 0.353 bits per heavy atom. The van der Waals surface area contributed by atoms with Crippen molar-refractivity contribution in [1.29, 1.82) is 0 Å². The average molecular weight is 874 g/mol. The van der Waals surface area contributed by atoms with Gasteiger partial charge in [-0.25, -0.2) is 0 Å². The summed E-state index contributed by atoms with van der Waals surface area (Å²) in [7, 11) is 0. The van der Waals surface area contributed by atoms with Gasteiger partial charge in [0.25, 0.3) is 0 Å². The first kappa shape index (κ1) is 41.7. The molecule has 10 aromatic rings. The van der Waals surface area contributed by atoms with E-state index in [4.69, 9.17) is 0 Å². The van der Waals surface area contributed by atoms with Crippen LogP contribution in [-0.4, -0.2) is 0 Å². The molecule has 0 N–H and O–H groups in total. The molecule has 1 fully saturated rings. The van der Waals surface area contributed by atoms with E-state index in [1.807, 2.05) is 0 Å². The van der Waals surface area contributed by atoms with Crippen molar-refractivity contribution < 1.29 is 0 Å². The highest BCUT2D eigenvalue weighted by atomic mass is 15.1. The lowest BCUT2D eigenvalue weighted by molar-refractivity contribution is 0.445. The smallest absolute Gasteiger partial charge is 0.0540 e. The van der Waals surface area contributed by atoms with E-state index in [1.165, 1.54) is 126 Å². The highest BCUT2D eigenvalue weighted by molar-refractivity contribution is 6.04. The molecule has 12 rings (SSSR count). The van der Waals surface area contributed by atoms with Crippen molar-refractivity contribution in [3.05, 3.63) is 247 Å². The zero-order chi connectivity index (χ0) is 45.6. The SMILES string of the molecule is CC1(C)c2ccccc2-c2ccc(-c3ccccc3N(c3ccc(-c4ccc(-c5ccccc5)c(-c5ccccc5)c4)cc3)c3ccccc3-c3cccc4cccc(C5CCCCC5)c34)cc21. The summed E-state index contributed by atoms with van der Waals surface area (Å²) in [5.74, 6) is 0.574. The standard InChI is InChI=1S/C67H55N/c1-67(2)62-33-15-12-29-57(62)58-43-39-52(45-63(58)67)55-28-13-16-34-64(55)68(65-35-17-14-30-59(65)60-32-19-27-50-26-18-31-56(66(50)60)48-22-8-4-9-23-48)53-40-36-46(37-41-53)51-38-42-54(47-20-6-3-7-21-47)61(44-51)49-24-10-5-11-25-49/h3,5-7,10-21,24-45,48H,4,8-9,22-23H2,1-2H3. The molecular formula is C67H55N. The highest BCUT2D eigenvalue weighted by Crippen LogP contribution is 2.52. The van der Waals surface area contributed by atoms with Gasteiger partial charge in [-0.2, -0.15) is 0 Å². The van der Waals surface area contributed by atoms with Gasteiger partial charge in [0, 0.05) is 22.2 Å². The molecule has 0 bridgehead atoms. The molecule has 0 aliphatic heterocycles. The predicted molar refractivity (Wildman–Crippen MR) is 289 cm³/mol. The fraction of sp³-hybridized carbons (Fsp3) is 0.134. The largest absolute Gasteiger partial charge is 0.309 e. The van der Waals surface area contributed by atoms with Gasteiger partial charge in [-0.15, -0.1) is 0 Å². The van der Waals surface area contributed by atoms with Crippen LogP contribution in [0.25, 0.3) is 77.5 Å². The first-order valence-electron chi connectivity index (χ1n) is 24.6. The molecule has 2 aliphatic carbocycles. The number of fused-ring (bicyclic) bond motifs is 4. The lowest BCUT2D eigenvalue weighted by Gasteiger charge is -2.31. The van der Waals surface area contributed by atoms with Gasteiger partial charge < -0.3 is 4.90 Å². The quantitative estimate of drug-likeness (QED) is 0.140. The maximum absolute atomic E-state index is 2.53. The number of hydrogen-bond acceptors (Lipinski definition) is 1. The third-order valence-corrected chi connectivity index (χ3v) is 15.1. The molecule has 1 heteroatoms. The third kappa shape index (κ3) is 7.35. The summed E-state index contributed by atoms with van der Waals surface area (Å²) < 4.78 is 0. The summed E-state index contributed by atoms with van der Waals surface area (Å²) in [5, 5.41) is 2.71. The first-order chi connectivity index (χ1) is 33.5. The summed E-state index contributed by atoms with van der Waals surface area (Å²) in [5.41, 5.74) is 22.5. The van der Waals surface area contributed by atoms with Gasteiger partial charge >= 0.3 is 0 Å². The second-order valence-corrected chi connectivity index (χ2v) is 19.4. The van der Waals surface area contributed by atoms with Gasteiger partial charge in [-0.1, -0.05) is 227 Å². The van der Waals surface area contributed by atoms with E-state index in [9.17, 15) is 0 Å². The van der Waals surface area contributed by atoms with Crippen LogP contribution in [0, 0.1) is 0 Å². The molecule has 1 saturated carbocycles. The molecule has 0 saturated heterocycles. The zero-order valence-corrected chi connectivity index (χ0v) is 39.0. The van der Waals surface area contributed by atoms with E-state index in [2.05, 4.69) is 249 Å². The molecular weight excluding hydrogens is 819 g/mol. The van der Waals surface area contributed by atoms with Crippen molar-refractivity contribution >= 4 is 27.8 Å². The van der Waals surface area contributed by atoms with E-state index in [0.29, 0.717) is 5.92 Å². The lowest BCUT2D eigenvalue weighted by Crippen LogP contribution is -2.15. The monoisotopic (exact) mass is 873 g/mol. The van der Waals surface area contributed by atoms with Crippen LogP contribution in [-0.2, 0) is 5.41 Å². The Morgan fingerprint density at radius 2 is 0.897 bits per heavy atom. The van der Waals surface area contributed by atoms with Crippen LogP contribution in [0.1, 0.15) is 68.6 Å². The van der Waals surface area contributed by atoms with Gasteiger partial charge in [0.05, 0.1) is 11.4 Å². The van der Waals surface area contributed by atoms with Gasteiger partial charge in [0.15, 0.2) is 0 Å². The Labute approximate surface area is 402 Å². The molecule has 0 aromatic heterocycles. The summed E-state index contributed by atoms with van der Waals surface area (Å²) in [6.07, 6.45) is 6.46. The summed E-state index contributed by atoms with van der Waals surface area (Å²) in [6, 6.07) is 85.9. The molecule has 10 aromatic carbocycles. The zero-order valence-electron chi connectivity index (χ0n) is 39.0. The number of rotatable bonds is 9. The summed E-state index contributed by atoms with van der Waals surface area (Å²) in [4.78, 5) is 2.53. The Bertz CT molecular complexity index is 3440. The second kappa shape index (κ2) is 17.5.